The molecule has 0 unspecified atom stereocenters. The fraction of sp³-hybridized carbons (Fsp3) is 0.120. The molecule has 1 amide bonds. The maximum absolute atomic E-state index is 12.3. The number of amides is 1. The number of carbonyl (C=O) groups is 1. The van der Waals surface area contributed by atoms with Crippen molar-refractivity contribution in [2.75, 3.05) is 12.3 Å². The number of aromatic nitrogens is 3. The van der Waals surface area contributed by atoms with Gasteiger partial charge in [0.25, 0.3) is 0 Å². The summed E-state index contributed by atoms with van der Waals surface area (Å²) in [6, 6.07) is 27.4. The van der Waals surface area contributed by atoms with Crippen molar-refractivity contribution < 1.29 is 4.79 Å². The van der Waals surface area contributed by atoms with Crippen LogP contribution in [0.25, 0.3) is 22.5 Å². The number of nitrogens with one attached hydrogen (secondary N) is 1. The van der Waals surface area contributed by atoms with E-state index in [1.807, 2.05) is 84.9 Å². The van der Waals surface area contributed by atoms with E-state index in [0.717, 1.165) is 28.8 Å². The molecule has 0 fully saturated rings. The third kappa shape index (κ3) is 5.93. The SMILES string of the molecule is O=C(CSc1nnc(-c2ccccc2)c(-c2ccccc2)n1)NCCc1ccc(Cl)cc1. The highest BCUT2D eigenvalue weighted by molar-refractivity contribution is 7.99. The Hall–Kier alpha value is -3.22. The minimum Gasteiger partial charge on any atom is -0.355 e. The molecule has 4 aromatic rings. The van der Waals surface area contributed by atoms with E-state index in [9.17, 15) is 4.79 Å². The predicted molar refractivity (Wildman–Crippen MR) is 130 cm³/mol. The first-order valence-corrected chi connectivity index (χ1v) is 11.5. The van der Waals surface area contributed by atoms with Crippen molar-refractivity contribution >= 4 is 29.3 Å². The molecule has 1 aromatic heterocycles. The maximum Gasteiger partial charge on any atom is 0.230 e. The van der Waals surface area contributed by atoms with Gasteiger partial charge >= 0.3 is 0 Å². The number of thioether (sulfide) groups is 1. The van der Waals surface area contributed by atoms with Gasteiger partial charge in [-0.3, -0.25) is 4.79 Å². The molecule has 0 aliphatic rings. The van der Waals surface area contributed by atoms with Gasteiger partial charge in [0.05, 0.1) is 5.75 Å². The van der Waals surface area contributed by atoms with Gasteiger partial charge in [0.1, 0.15) is 11.4 Å². The first-order chi connectivity index (χ1) is 15.7. The van der Waals surface area contributed by atoms with Crippen LogP contribution in [-0.4, -0.2) is 33.4 Å². The second-order valence-electron chi connectivity index (χ2n) is 7.04. The van der Waals surface area contributed by atoms with Crippen LogP contribution in [0, 0.1) is 0 Å². The van der Waals surface area contributed by atoms with Crippen LogP contribution in [0.1, 0.15) is 5.56 Å². The van der Waals surface area contributed by atoms with Crippen molar-refractivity contribution in [3.05, 3.63) is 95.5 Å². The molecule has 0 saturated heterocycles. The van der Waals surface area contributed by atoms with Crippen LogP contribution in [0.15, 0.2) is 90.1 Å². The van der Waals surface area contributed by atoms with Gasteiger partial charge < -0.3 is 5.32 Å². The van der Waals surface area contributed by atoms with Crippen molar-refractivity contribution in [1.29, 1.82) is 0 Å². The van der Waals surface area contributed by atoms with Crippen LogP contribution < -0.4 is 5.32 Å². The van der Waals surface area contributed by atoms with Gasteiger partial charge in [0, 0.05) is 22.7 Å². The standard InChI is InChI=1S/C25H21ClN4OS/c26-21-13-11-18(12-14-21)15-16-27-22(31)17-32-25-28-23(19-7-3-1-4-8-19)24(29-30-25)20-9-5-2-6-10-20/h1-14H,15-17H2,(H,27,31). The van der Waals surface area contributed by atoms with E-state index in [1.54, 1.807) is 0 Å². The number of carbonyl (C=O) groups excluding carboxylic acids is 1. The summed E-state index contributed by atoms with van der Waals surface area (Å²) in [6.45, 7) is 0.558. The quantitative estimate of drug-likeness (QED) is 0.361. The lowest BCUT2D eigenvalue weighted by molar-refractivity contribution is -0.118. The zero-order valence-corrected chi connectivity index (χ0v) is 18.8. The molecular weight excluding hydrogens is 440 g/mol. The Kier molecular flexibility index (Phi) is 7.48. The number of hydrogen-bond acceptors (Lipinski definition) is 5. The second kappa shape index (κ2) is 10.9. The highest BCUT2D eigenvalue weighted by Gasteiger charge is 2.14. The molecule has 0 saturated carbocycles. The van der Waals surface area contributed by atoms with Crippen molar-refractivity contribution in [2.45, 2.75) is 11.6 Å². The summed E-state index contributed by atoms with van der Waals surface area (Å²) < 4.78 is 0. The number of rotatable bonds is 8. The van der Waals surface area contributed by atoms with Gasteiger partial charge in [-0.1, -0.05) is 96.2 Å². The van der Waals surface area contributed by atoms with Gasteiger partial charge in [-0.2, -0.15) is 0 Å². The minimum absolute atomic E-state index is 0.0686. The first-order valence-electron chi connectivity index (χ1n) is 10.2. The Morgan fingerprint density at radius 1 is 0.812 bits per heavy atom. The van der Waals surface area contributed by atoms with Crippen LogP contribution in [-0.2, 0) is 11.2 Å². The van der Waals surface area contributed by atoms with E-state index in [1.165, 1.54) is 11.8 Å². The Morgan fingerprint density at radius 2 is 1.44 bits per heavy atom. The number of hydrogen-bond donors (Lipinski definition) is 1. The van der Waals surface area contributed by atoms with Crippen LogP contribution in [0.3, 0.4) is 0 Å². The molecule has 1 heterocycles. The van der Waals surface area contributed by atoms with Crippen molar-refractivity contribution in [1.82, 2.24) is 20.5 Å². The molecule has 7 heteroatoms. The Labute approximate surface area is 196 Å². The average molecular weight is 461 g/mol. The Bertz CT molecular complexity index is 1170. The zero-order chi connectivity index (χ0) is 22.2. The van der Waals surface area contributed by atoms with Gasteiger partial charge in [-0.15, -0.1) is 10.2 Å². The molecule has 32 heavy (non-hydrogen) atoms. The summed E-state index contributed by atoms with van der Waals surface area (Å²) in [7, 11) is 0. The van der Waals surface area contributed by atoms with E-state index in [0.29, 0.717) is 22.4 Å². The summed E-state index contributed by atoms with van der Waals surface area (Å²) in [5.41, 5.74) is 4.49. The molecule has 160 valence electrons. The Morgan fingerprint density at radius 3 is 2.09 bits per heavy atom. The summed E-state index contributed by atoms with van der Waals surface area (Å²) in [4.78, 5) is 17.0. The molecule has 3 aromatic carbocycles. The van der Waals surface area contributed by atoms with E-state index >= 15 is 0 Å². The fourth-order valence-corrected chi connectivity index (χ4v) is 3.88. The van der Waals surface area contributed by atoms with E-state index in [-0.39, 0.29) is 11.7 Å². The summed E-state index contributed by atoms with van der Waals surface area (Å²) in [5, 5.41) is 12.8. The molecule has 0 radical (unpaired) electrons. The lowest BCUT2D eigenvalue weighted by Gasteiger charge is -2.09. The third-order valence-corrected chi connectivity index (χ3v) is 5.83. The van der Waals surface area contributed by atoms with Crippen LogP contribution in [0.5, 0.6) is 0 Å². The zero-order valence-electron chi connectivity index (χ0n) is 17.2. The molecule has 0 aliphatic heterocycles. The van der Waals surface area contributed by atoms with Crippen molar-refractivity contribution in [3.63, 3.8) is 0 Å². The number of halogens is 1. The highest BCUT2D eigenvalue weighted by Crippen LogP contribution is 2.29. The fourth-order valence-electron chi connectivity index (χ4n) is 3.14. The summed E-state index contributed by atoms with van der Waals surface area (Å²) >= 11 is 7.18. The molecule has 5 nitrogen and oxygen atoms in total. The molecule has 0 atom stereocenters. The topological polar surface area (TPSA) is 67.8 Å². The summed E-state index contributed by atoms with van der Waals surface area (Å²) in [6.07, 6.45) is 0.746. The lowest BCUT2D eigenvalue weighted by atomic mass is 10.0. The van der Waals surface area contributed by atoms with Gasteiger partial charge in [0.15, 0.2) is 0 Å². The normalized spacial score (nSPS) is 10.7. The van der Waals surface area contributed by atoms with Crippen LogP contribution in [0.2, 0.25) is 5.02 Å². The molecule has 0 spiro atoms. The van der Waals surface area contributed by atoms with Gasteiger partial charge in [-0.25, -0.2) is 4.98 Å². The molecule has 4 rings (SSSR count). The molecule has 1 N–H and O–H groups in total. The molecule has 0 bridgehead atoms. The monoisotopic (exact) mass is 460 g/mol. The lowest BCUT2D eigenvalue weighted by Crippen LogP contribution is -2.27. The number of benzene rings is 3. The third-order valence-electron chi connectivity index (χ3n) is 4.74. The average Bonchev–Trinajstić information content (AvgIpc) is 2.85. The first kappa shape index (κ1) is 22.0. The molecular formula is C25H21ClN4OS. The number of nitrogens with zero attached hydrogens (tertiary/aromatic N) is 3. The Balaban J connectivity index is 1.41. The highest BCUT2D eigenvalue weighted by atomic mass is 35.5. The smallest absolute Gasteiger partial charge is 0.230 e. The molecule has 0 aliphatic carbocycles. The van der Waals surface area contributed by atoms with E-state index in [4.69, 9.17) is 16.6 Å². The second-order valence-corrected chi connectivity index (χ2v) is 8.42. The summed E-state index contributed by atoms with van der Waals surface area (Å²) in [5.74, 6) is 0.155. The van der Waals surface area contributed by atoms with E-state index < -0.39 is 0 Å². The van der Waals surface area contributed by atoms with Crippen LogP contribution >= 0.6 is 23.4 Å². The van der Waals surface area contributed by atoms with Crippen LogP contribution in [0.4, 0.5) is 0 Å². The largest absolute Gasteiger partial charge is 0.355 e. The van der Waals surface area contributed by atoms with Gasteiger partial charge in [0.2, 0.25) is 11.1 Å². The van der Waals surface area contributed by atoms with Crippen molar-refractivity contribution in [3.8, 4) is 22.5 Å². The minimum atomic E-state index is -0.0686. The maximum atomic E-state index is 12.3. The predicted octanol–water partition coefficient (Wildman–Crippen LogP) is 5.31. The van der Waals surface area contributed by atoms with E-state index in [2.05, 4.69) is 15.5 Å². The van der Waals surface area contributed by atoms with Crippen molar-refractivity contribution in [2.24, 2.45) is 0 Å². The van der Waals surface area contributed by atoms with Gasteiger partial charge in [-0.05, 0) is 24.1 Å².